The molecule has 0 rings (SSSR count). The maximum absolute atomic E-state index is 5.34. The number of methoxy groups -OCH3 is 1. The van der Waals surface area contributed by atoms with Gasteiger partial charge in [0.1, 0.15) is 0 Å². The molecule has 0 saturated carbocycles. The van der Waals surface area contributed by atoms with Crippen LogP contribution in [0.25, 0.3) is 0 Å². The van der Waals surface area contributed by atoms with Crippen LogP contribution in [0.4, 0.5) is 0 Å². The Morgan fingerprint density at radius 2 is 2.00 bits per heavy atom. The molecule has 1 atom stereocenters. The molecule has 0 saturated heterocycles. The third-order valence-electron chi connectivity index (χ3n) is 1.55. The van der Waals surface area contributed by atoms with Crippen LogP contribution in [0.3, 0.4) is 0 Å². The lowest BCUT2D eigenvalue weighted by Gasteiger charge is -2.09. The molecule has 0 aliphatic heterocycles. The summed E-state index contributed by atoms with van der Waals surface area (Å²) in [4.78, 5) is 0. The molecular weight excluding hydrogens is 140 g/mol. The summed E-state index contributed by atoms with van der Waals surface area (Å²) in [5.41, 5.74) is 0. The van der Waals surface area contributed by atoms with Crippen LogP contribution in [0.1, 0.15) is 26.7 Å². The van der Waals surface area contributed by atoms with E-state index in [1.165, 1.54) is 0 Å². The monoisotopic (exact) mass is 160 g/mol. The lowest BCUT2D eigenvalue weighted by atomic mass is 10.1. The second kappa shape index (κ2) is 8.02. The van der Waals surface area contributed by atoms with Gasteiger partial charge in [0.05, 0.1) is 0 Å². The van der Waals surface area contributed by atoms with Crippen LogP contribution in [0.2, 0.25) is 0 Å². The first-order valence-corrected chi connectivity index (χ1v) is 4.38. The largest absolute Gasteiger partial charge is 0.384 e. The smallest absolute Gasteiger partial charge is 0.0488 e. The predicted octanol–water partition coefficient (Wildman–Crippen LogP) is 2.09. The highest BCUT2D eigenvalue weighted by molar-refractivity contribution is 4.49. The third kappa shape index (κ3) is 7.82. The van der Waals surface area contributed by atoms with Crippen molar-refractivity contribution in [1.82, 2.24) is 0 Å². The van der Waals surface area contributed by atoms with E-state index in [2.05, 4.69) is 13.8 Å². The minimum Gasteiger partial charge on any atom is -0.384 e. The molecule has 0 aliphatic carbocycles. The molecule has 0 radical (unpaired) electrons. The normalized spacial score (nSPS) is 13.4. The first kappa shape index (κ1) is 10.9. The Balaban J connectivity index is 2.97. The van der Waals surface area contributed by atoms with Crippen molar-refractivity contribution in [2.24, 2.45) is 5.92 Å². The molecule has 0 spiro atoms. The molecule has 0 aromatic carbocycles. The number of hydrogen-bond donors (Lipinski definition) is 0. The van der Waals surface area contributed by atoms with Gasteiger partial charge in [-0.25, -0.2) is 0 Å². The van der Waals surface area contributed by atoms with Crippen LogP contribution in [-0.4, -0.2) is 26.9 Å². The van der Waals surface area contributed by atoms with E-state index in [-0.39, 0.29) is 0 Å². The molecular formula is C9H20O2. The molecule has 0 heterocycles. The van der Waals surface area contributed by atoms with E-state index in [4.69, 9.17) is 9.47 Å². The highest BCUT2D eigenvalue weighted by atomic mass is 16.5. The lowest BCUT2D eigenvalue weighted by Crippen LogP contribution is -2.07. The summed E-state index contributed by atoms with van der Waals surface area (Å²) in [6, 6.07) is 0. The van der Waals surface area contributed by atoms with Gasteiger partial charge in [-0.3, -0.25) is 0 Å². The second-order valence-electron chi connectivity index (χ2n) is 2.96. The number of ether oxygens (including phenoxy) is 2. The second-order valence-corrected chi connectivity index (χ2v) is 2.96. The van der Waals surface area contributed by atoms with Crippen molar-refractivity contribution in [2.45, 2.75) is 26.7 Å². The van der Waals surface area contributed by atoms with E-state index >= 15 is 0 Å². The van der Waals surface area contributed by atoms with Crippen LogP contribution in [0.15, 0.2) is 0 Å². The quantitative estimate of drug-likeness (QED) is 0.531. The molecule has 2 nitrogen and oxygen atoms in total. The van der Waals surface area contributed by atoms with Gasteiger partial charge in [-0.1, -0.05) is 13.8 Å². The van der Waals surface area contributed by atoms with E-state index in [9.17, 15) is 0 Å². The Kier molecular flexibility index (Phi) is 7.96. The summed E-state index contributed by atoms with van der Waals surface area (Å²) in [6.07, 6.45) is 2.21. The first-order valence-electron chi connectivity index (χ1n) is 4.38. The van der Waals surface area contributed by atoms with Crippen molar-refractivity contribution < 1.29 is 9.47 Å². The highest BCUT2D eigenvalue weighted by Gasteiger charge is 1.99. The van der Waals surface area contributed by atoms with E-state index in [0.29, 0.717) is 5.92 Å². The summed E-state index contributed by atoms with van der Waals surface area (Å²) in [5, 5.41) is 0. The lowest BCUT2D eigenvalue weighted by molar-refractivity contribution is 0.0979. The fourth-order valence-electron chi connectivity index (χ4n) is 0.899. The van der Waals surface area contributed by atoms with Crippen LogP contribution in [-0.2, 0) is 9.47 Å². The molecule has 68 valence electrons. The van der Waals surface area contributed by atoms with Crippen molar-refractivity contribution >= 4 is 0 Å². The Hall–Kier alpha value is -0.0800. The van der Waals surface area contributed by atoms with E-state index in [0.717, 1.165) is 32.7 Å². The first-order chi connectivity index (χ1) is 5.31. The summed E-state index contributed by atoms with van der Waals surface area (Å²) in [5.74, 6) is 0.622. The van der Waals surface area contributed by atoms with Crippen molar-refractivity contribution in [1.29, 1.82) is 0 Å². The van der Waals surface area contributed by atoms with Gasteiger partial charge in [-0.05, 0) is 18.8 Å². The summed E-state index contributed by atoms with van der Waals surface area (Å²) >= 11 is 0. The maximum atomic E-state index is 5.34. The molecule has 0 aromatic heterocycles. The average Bonchev–Trinajstić information content (AvgIpc) is 1.99. The molecule has 2 heteroatoms. The van der Waals surface area contributed by atoms with Gasteiger partial charge >= 0.3 is 0 Å². The van der Waals surface area contributed by atoms with Crippen LogP contribution in [0.5, 0.6) is 0 Å². The molecule has 0 N–H and O–H groups in total. The predicted molar refractivity (Wildman–Crippen MR) is 46.8 cm³/mol. The fraction of sp³-hybridized carbons (Fsp3) is 1.00. The van der Waals surface area contributed by atoms with Gasteiger partial charge in [-0.15, -0.1) is 0 Å². The zero-order chi connectivity index (χ0) is 8.53. The van der Waals surface area contributed by atoms with Gasteiger partial charge in [0.25, 0.3) is 0 Å². The Labute approximate surface area is 69.9 Å². The SMILES string of the molecule is CCCOCCC(C)COC. The maximum Gasteiger partial charge on any atom is 0.0488 e. The standard InChI is InChI=1S/C9H20O2/c1-4-6-11-7-5-9(2)8-10-3/h9H,4-8H2,1-3H3. The summed E-state index contributed by atoms with van der Waals surface area (Å²) in [7, 11) is 1.74. The molecule has 1 unspecified atom stereocenters. The number of hydrogen-bond acceptors (Lipinski definition) is 2. The third-order valence-corrected chi connectivity index (χ3v) is 1.55. The van der Waals surface area contributed by atoms with Crippen LogP contribution >= 0.6 is 0 Å². The van der Waals surface area contributed by atoms with E-state index < -0.39 is 0 Å². The highest BCUT2D eigenvalue weighted by Crippen LogP contribution is 2.01. The van der Waals surface area contributed by atoms with Crippen LogP contribution in [0, 0.1) is 5.92 Å². The van der Waals surface area contributed by atoms with Crippen molar-refractivity contribution in [3.05, 3.63) is 0 Å². The molecule has 0 fully saturated rings. The fourth-order valence-corrected chi connectivity index (χ4v) is 0.899. The van der Waals surface area contributed by atoms with Crippen molar-refractivity contribution in [3.63, 3.8) is 0 Å². The molecule has 0 amide bonds. The molecule has 0 aromatic rings. The molecule has 0 aliphatic rings. The minimum atomic E-state index is 0.622. The number of rotatable bonds is 7. The zero-order valence-electron chi connectivity index (χ0n) is 7.93. The van der Waals surface area contributed by atoms with Gasteiger partial charge in [-0.2, -0.15) is 0 Å². The van der Waals surface area contributed by atoms with Crippen molar-refractivity contribution in [2.75, 3.05) is 26.9 Å². The van der Waals surface area contributed by atoms with E-state index in [1.54, 1.807) is 7.11 Å². The minimum absolute atomic E-state index is 0.622. The summed E-state index contributed by atoms with van der Waals surface area (Å²) < 4.78 is 10.3. The van der Waals surface area contributed by atoms with Crippen molar-refractivity contribution in [3.8, 4) is 0 Å². The van der Waals surface area contributed by atoms with Gasteiger partial charge in [0.2, 0.25) is 0 Å². The zero-order valence-corrected chi connectivity index (χ0v) is 7.93. The topological polar surface area (TPSA) is 18.5 Å². The Bertz CT molecular complexity index is 74.0. The Morgan fingerprint density at radius 3 is 2.55 bits per heavy atom. The van der Waals surface area contributed by atoms with Gasteiger partial charge in [0, 0.05) is 26.9 Å². The van der Waals surface area contributed by atoms with Gasteiger partial charge in [0.15, 0.2) is 0 Å². The van der Waals surface area contributed by atoms with Gasteiger partial charge < -0.3 is 9.47 Å². The van der Waals surface area contributed by atoms with Crippen LogP contribution < -0.4 is 0 Å². The Morgan fingerprint density at radius 1 is 1.27 bits per heavy atom. The average molecular weight is 160 g/mol. The van der Waals surface area contributed by atoms with E-state index in [1.807, 2.05) is 0 Å². The molecule has 11 heavy (non-hydrogen) atoms. The summed E-state index contributed by atoms with van der Waals surface area (Å²) in [6.45, 7) is 6.91. The molecule has 0 bridgehead atoms.